The Balaban J connectivity index is 2.41. The van der Waals surface area contributed by atoms with Crippen LogP contribution in [0.2, 0.25) is 0 Å². The molecule has 2 unspecified atom stereocenters. The lowest BCUT2D eigenvalue weighted by Crippen LogP contribution is -2.53. The summed E-state index contributed by atoms with van der Waals surface area (Å²) in [6.07, 6.45) is 1.69. The van der Waals surface area contributed by atoms with E-state index in [4.69, 9.17) is 4.74 Å². The van der Waals surface area contributed by atoms with Gasteiger partial charge < -0.3 is 4.74 Å². The van der Waals surface area contributed by atoms with Crippen molar-refractivity contribution in [1.82, 2.24) is 0 Å². The molecule has 1 fully saturated rings. The van der Waals surface area contributed by atoms with Crippen LogP contribution >= 0.6 is 0 Å². The summed E-state index contributed by atoms with van der Waals surface area (Å²) >= 11 is 0. The second-order valence-corrected chi connectivity index (χ2v) is 4.61. The zero-order chi connectivity index (χ0) is 10.1. The van der Waals surface area contributed by atoms with Crippen LogP contribution in [-0.4, -0.2) is 18.5 Å². The van der Waals surface area contributed by atoms with Crippen molar-refractivity contribution in [2.24, 2.45) is 11.3 Å². The first kappa shape index (κ1) is 10.7. The van der Waals surface area contributed by atoms with Crippen LogP contribution in [0.5, 0.6) is 0 Å². The predicted molar refractivity (Wildman–Crippen MR) is 52.6 cm³/mol. The molecule has 1 saturated carbocycles. The van der Waals surface area contributed by atoms with Crippen molar-refractivity contribution in [2.45, 2.75) is 46.6 Å². The van der Waals surface area contributed by atoms with Gasteiger partial charge in [0.2, 0.25) is 0 Å². The van der Waals surface area contributed by atoms with Crippen LogP contribution in [0, 0.1) is 11.3 Å². The fraction of sp³-hybridized carbons (Fsp3) is 0.909. The predicted octanol–water partition coefficient (Wildman–Crippen LogP) is 2.42. The van der Waals surface area contributed by atoms with Crippen LogP contribution in [0.15, 0.2) is 0 Å². The van der Waals surface area contributed by atoms with Crippen LogP contribution in [0.4, 0.5) is 0 Å². The summed E-state index contributed by atoms with van der Waals surface area (Å²) in [7, 11) is 0. The molecule has 0 aliphatic heterocycles. The number of rotatable bonds is 4. The molecule has 0 bridgehead atoms. The molecule has 13 heavy (non-hydrogen) atoms. The second-order valence-electron chi connectivity index (χ2n) is 4.61. The zero-order valence-corrected chi connectivity index (χ0v) is 9.09. The van der Waals surface area contributed by atoms with Crippen LogP contribution in [0.1, 0.15) is 40.5 Å². The van der Waals surface area contributed by atoms with E-state index in [1.807, 2.05) is 6.92 Å². The van der Waals surface area contributed by atoms with E-state index in [-0.39, 0.29) is 11.5 Å². The van der Waals surface area contributed by atoms with Gasteiger partial charge in [0.15, 0.2) is 0 Å². The van der Waals surface area contributed by atoms with Crippen molar-refractivity contribution in [3.05, 3.63) is 0 Å². The van der Waals surface area contributed by atoms with E-state index in [1.54, 1.807) is 0 Å². The van der Waals surface area contributed by atoms with Gasteiger partial charge in [-0.3, -0.25) is 4.79 Å². The monoisotopic (exact) mass is 184 g/mol. The third-order valence-corrected chi connectivity index (χ3v) is 3.08. The first-order valence-corrected chi connectivity index (χ1v) is 5.15. The smallest absolute Gasteiger partial charge is 0.143 e. The highest BCUT2D eigenvalue weighted by Crippen LogP contribution is 2.42. The summed E-state index contributed by atoms with van der Waals surface area (Å²) in [5.41, 5.74) is -0.186. The molecule has 0 aromatic carbocycles. The number of hydrogen-bond acceptors (Lipinski definition) is 2. The van der Waals surface area contributed by atoms with Crippen molar-refractivity contribution >= 4 is 5.78 Å². The fourth-order valence-electron chi connectivity index (χ4n) is 1.65. The summed E-state index contributed by atoms with van der Waals surface area (Å²) in [5.74, 6) is 0.917. The average molecular weight is 184 g/mol. The highest BCUT2D eigenvalue weighted by atomic mass is 16.5. The Hall–Kier alpha value is -0.370. The average Bonchev–Trinajstić information content (AvgIpc) is 2.10. The normalized spacial score (nSPS) is 33.6. The van der Waals surface area contributed by atoms with Gasteiger partial charge in [0.05, 0.1) is 11.5 Å². The highest BCUT2D eigenvalue weighted by Gasteiger charge is 2.50. The van der Waals surface area contributed by atoms with Gasteiger partial charge in [-0.1, -0.05) is 27.7 Å². The number of ketones is 1. The third kappa shape index (κ3) is 1.93. The van der Waals surface area contributed by atoms with E-state index in [2.05, 4.69) is 20.8 Å². The summed E-state index contributed by atoms with van der Waals surface area (Å²) in [5, 5.41) is 0. The molecule has 0 heterocycles. The second kappa shape index (κ2) is 3.79. The van der Waals surface area contributed by atoms with Crippen molar-refractivity contribution in [2.75, 3.05) is 6.61 Å². The molecular weight excluding hydrogens is 164 g/mol. The molecule has 0 N–H and O–H groups in total. The maximum atomic E-state index is 11.4. The van der Waals surface area contributed by atoms with E-state index in [1.165, 1.54) is 0 Å². The standard InChI is InChI=1S/C11H20O2/c1-5-11(4)9(12)6-10(11)13-7-8(2)3/h8,10H,5-7H2,1-4H3. The van der Waals surface area contributed by atoms with Gasteiger partial charge in [-0.15, -0.1) is 0 Å². The fourth-order valence-corrected chi connectivity index (χ4v) is 1.65. The highest BCUT2D eigenvalue weighted by molar-refractivity contribution is 5.91. The molecule has 1 rings (SSSR count). The Morgan fingerprint density at radius 1 is 1.62 bits per heavy atom. The van der Waals surface area contributed by atoms with Gasteiger partial charge >= 0.3 is 0 Å². The van der Waals surface area contributed by atoms with Gasteiger partial charge in [-0.05, 0) is 12.3 Å². The number of carbonyl (C=O) groups is 1. The molecule has 0 saturated heterocycles. The molecule has 1 aliphatic rings. The van der Waals surface area contributed by atoms with Crippen molar-refractivity contribution < 1.29 is 9.53 Å². The Kier molecular flexibility index (Phi) is 3.12. The van der Waals surface area contributed by atoms with E-state index in [0.29, 0.717) is 18.1 Å². The Bertz CT molecular complexity index is 198. The van der Waals surface area contributed by atoms with E-state index in [9.17, 15) is 4.79 Å². The zero-order valence-electron chi connectivity index (χ0n) is 9.09. The lowest BCUT2D eigenvalue weighted by molar-refractivity contribution is -0.162. The maximum absolute atomic E-state index is 11.4. The Morgan fingerprint density at radius 2 is 2.23 bits per heavy atom. The Labute approximate surface area is 80.7 Å². The quantitative estimate of drug-likeness (QED) is 0.670. The third-order valence-electron chi connectivity index (χ3n) is 3.08. The number of carbonyl (C=O) groups excluding carboxylic acids is 1. The van der Waals surface area contributed by atoms with Gasteiger partial charge in [0.25, 0.3) is 0 Å². The van der Waals surface area contributed by atoms with Gasteiger partial charge in [-0.2, -0.15) is 0 Å². The lowest BCUT2D eigenvalue weighted by Gasteiger charge is -2.44. The van der Waals surface area contributed by atoms with E-state index < -0.39 is 0 Å². The number of Topliss-reactive ketones (excluding diaryl/α,β-unsaturated/α-hetero) is 1. The molecule has 76 valence electrons. The van der Waals surface area contributed by atoms with Crippen molar-refractivity contribution in [3.8, 4) is 0 Å². The largest absolute Gasteiger partial charge is 0.376 e. The molecule has 2 heteroatoms. The summed E-state index contributed by atoms with van der Waals surface area (Å²) < 4.78 is 5.70. The maximum Gasteiger partial charge on any atom is 0.143 e. The van der Waals surface area contributed by atoms with Crippen LogP contribution in [-0.2, 0) is 9.53 Å². The minimum absolute atomic E-state index is 0.174. The SMILES string of the molecule is CCC1(C)C(=O)CC1OCC(C)C. The summed E-state index contributed by atoms with van der Waals surface area (Å²) in [4.78, 5) is 11.4. The Morgan fingerprint density at radius 3 is 2.62 bits per heavy atom. The first-order valence-electron chi connectivity index (χ1n) is 5.15. The van der Waals surface area contributed by atoms with Crippen molar-refractivity contribution in [1.29, 1.82) is 0 Å². The molecule has 0 aromatic heterocycles. The molecule has 0 amide bonds. The van der Waals surface area contributed by atoms with Crippen LogP contribution < -0.4 is 0 Å². The first-order chi connectivity index (χ1) is 6.00. The van der Waals surface area contributed by atoms with Gasteiger partial charge in [0, 0.05) is 13.0 Å². The minimum Gasteiger partial charge on any atom is -0.376 e. The number of ether oxygens (including phenoxy) is 1. The molecule has 2 nitrogen and oxygen atoms in total. The topological polar surface area (TPSA) is 26.3 Å². The van der Waals surface area contributed by atoms with Crippen LogP contribution in [0.25, 0.3) is 0 Å². The minimum atomic E-state index is -0.186. The molecule has 0 spiro atoms. The molecule has 0 radical (unpaired) electrons. The molecular formula is C11H20O2. The van der Waals surface area contributed by atoms with Crippen LogP contribution in [0.3, 0.4) is 0 Å². The summed E-state index contributed by atoms with van der Waals surface area (Å²) in [6.45, 7) is 9.10. The van der Waals surface area contributed by atoms with E-state index in [0.717, 1.165) is 13.0 Å². The van der Waals surface area contributed by atoms with Gasteiger partial charge in [-0.25, -0.2) is 0 Å². The van der Waals surface area contributed by atoms with Crippen molar-refractivity contribution in [3.63, 3.8) is 0 Å². The molecule has 1 aliphatic carbocycles. The summed E-state index contributed by atoms with van der Waals surface area (Å²) in [6, 6.07) is 0. The van der Waals surface area contributed by atoms with E-state index >= 15 is 0 Å². The van der Waals surface area contributed by atoms with Gasteiger partial charge in [0.1, 0.15) is 5.78 Å². The lowest BCUT2D eigenvalue weighted by atomic mass is 9.64. The number of hydrogen-bond donors (Lipinski definition) is 0. The molecule has 0 aromatic rings. The molecule has 2 atom stereocenters.